The second-order valence-electron chi connectivity index (χ2n) is 9.16. The van der Waals surface area contributed by atoms with Crippen molar-refractivity contribution in [2.24, 2.45) is 11.8 Å². The Morgan fingerprint density at radius 2 is 1.93 bits per heavy atom. The summed E-state index contributed by atoms with van der Waals surface area (Å²) in [6, 6.07) is -0.706. The van der Waals surface area contributed by atoms with Gasteiger partial charge in [-0.2, -0.15) is 0 Å². The second kappa shape index (κ2) is 9.22. The summed E-state index contributed by atoms with van der Waals surface area (Å²) in [5.74, 6) is -1.72. The highest BCUT2D eigenvalue weighted by Gasteiger charge is 2.77. The summed E-state index contributed by atoms with van der Waals surface area (Å²) >= 11 is 0. The van der Waals surface area contributed by atoms with Gasteiger partial charge < -0.3 is 25.4 Å². The van der Waals surface area contributed by atoms with Gasteiger partial charge in [0.1, 0.15) is 11.6 Å². The monoisotopic (exact) mass is 423 g/mol. The minimum Gasteiger partial charge on any atom is -0.396 e. The Bertz CT molecular complexity index is 671. The van der Waals surface area contributed by atoms with Crippen molar-refractivity contribution in [3.05, 3.63) is 0 Å². The number of carbonyl (C=O) groups excluding carboxylic acids is 3. The Morgan fingerprint density at radius 1 is 1.17 bits per heavy atom. The summed E-state index contributed by atoms with van der Waals surface area (Å²) < 4.78 is 6.47. The number of rotatable bonds is 11. The Hall–Kier alpha value is -1.67. The molecule has 5 atom stereocenters. The van der Waals surface area contributed by atoms with Crippen LogP contribution in [0.3, 0.4) is 0 Å². The SMILES string of the molecule is CCCCCNC(=O)C1N(CCCCCO)C(=O)[C@@H]2[C@@H](C(=O)NC)[C@@]3(C)CCC12O3. The molecule has 0 radical (unpaired) electrons. The molecule has 170 valence electrons. The molecule has 2 unspecified atom stereocenters. The van der Waals surface area contributed by atoms with Crippen LogP contribution in [0.5, 0.6) is 0 Å². The van der Waals surface area contributed by atoms with Gasteiger partial charge in [0.25, 0.3) is 0 Å². The molecular weight excluding hydrogens is 386 g/mol. The van der Waals surface area contributed by atoms with Gasteiger partial charge in [-0.25, -0.2) is 0 Å². The van der Waals surface area contributed by atoms with E-state index >= 15 is 0 Å². The first-order valence-electron chi connectivity index (χ1n) is 11.5. The van der Waals surface area contributed by atoms with E-state index in [4.69, 9.17) is 9.84 Å². The largest absolute Gasteiger partial charge is 0.396 e. The van der Waals surface area contributed by atoms with E-state index in [0.29, 0.717) is 38.8 Å². The van der Waals surface area contributed by atoms with Crippen molar-refractivity contribution < 1.29 is 24.2 Å². The quantitative estimate of drug-likeness (QED) is 0.429. The molecule has 0 aromatic carbocycles. The van der Waals surface area contributed by atoms with E-state index in [1.807, 2.05) is 6.92 Å². The first kappa shape index (κ1) is 23.0. The van der Waals surface area contributed by atoms with Gasteiger partial charge in [0.2, 0.25) is 17.7 Å². The first-order chi connectivity index (χ1) is 14.4. The number of nitrogens with one attached hydrogen (secondary N) is 2. The number of aliphatic hydroxyl groups excluding tert-OH is 1. The van der Waals surface area contributed by atoms with Crippen LogP contribution < -0.4 is 10.6 Å². The molecule has 1 spiro atoms. The third-order valence-electron chi connectivity index (χ3n) is 7.19. The van der Waals surface area contributed by atoms with Crippen LogP contribution in [0.1, 0.15) is 65.2 Å². The van der Waals surface area contributed by atoms with Crippen molar-refractivity contribution in [2.75, 3.05) is 26.7 Å². The fraction of sp³-hybridized carbons (Fsp3) is 0.864. The predicted octanol–water partition coefficient (Wildman–Crippen LogP) is 0.966. The maximum atomic E-state index is 13.5. The smallest absolute Gasteiger partial charge is 0.245 e. The zero-order valence-corrected chi connectivity index (χ0v) is 18.5. The molecule has 8 heteroatoms. The molecule has 3 aliphatic heterocycles. The summed E-state index contributed by atoms with van der Waals surface area (Å²) in [7, 11) is 1.58. The van der Waals surface area contributed by atoms with Crippen molar-refractivity contribution in [1.29, 1.82) is 0 Å². The Kier molecular flexibility index (Phi) is 7.07. The molecule has 0 aliphatic carbocycles. The minimum absolute atomic E-state index is 0.113. The molecule has 3 N–H and O–H groups in total. The number of nitrogens with zero attached hydrogens (tertiary/aromatic N) is 1. The zero-order chi connectivity index (χ0) is 21.9. The molecule has 3 amide bonds. The second-order valence-corrected chi connectivity index (χ2v) is 9.16. The lowest BCUT2D eigenvalue weighted by Crippen LogP contribution is -2.55. The van der Waals surface area contributed by atoms with Crippen LogP contribution in [0, 0.1) is 11.8 Å². The standard InChI is InChI=1S/C22H37N3O5/c1-4-5-7-12-24-19(28)17-22-11-10-21(2,30-22)15(18(27)23-3)16(22)20(29)25(17)13-8-6-9-14-26/h15-17,26H,4-14H2,1-3H3,(H,23,27)(H,24,28)/t15-,16-,17?,21+,22?/m0/s1. The predicted molar refractivity (Wildman–Crippen MR) is 111 cm³/mol. The Balaban J connectivity index is 1.87. The number of aliphatic hydroxyl groups is 1. The molecule has 3 rings (SSSR count). The fourth-order valence-electron chi connectivity index (χ4n) is 5.78. The maximum Gasteiger partial charge on any atom is 0.245 e. The molecule has 3 saturated heterocycles. The summed E-state index contributed by atoms with van der Waals surface area (Å²) in [6.07, 6.45) is 6.42. The van der Waals surface area contributed by atoms with Gasteiger partial charge in [0.05, 0.1) is 17.4 Å². The molecular formula is C22H37N3O5. The molecule has 3 aliphatic rings. The van der Waals surface area contributed by atoms with E-state index in [2.05, 4.69) is 17.6 Å². The van der Waals surface area contributed by atoms with E-state index in [1.54, 1.807) is 11.9 Å². The van der Waals surface area contributed by atoms with Crippen LogP contribution in [0.15, 0.2) is 0 Å². The van der Waals surface area contributed by atoms with Crippen LogP contribution in [-0.2, 0) is 19.1 Å². The Morgan fingerprint density at radius 3 is 2.60 bits per heavy atom. The van der Waals surface area contributed by atoms with E-state index in [1.165, 1.54) is 0 Å². The van der Waals surface area contributed by atoms with Gasteiger partial charge in [-0.3, -0.25) is 14.4 Å². The summed E-state index contributed by atoms with van der Waals surface area (Å²) in [5, 5.41) is 14.8. The molecule has 2 bridgehead atoms. The third-order valence-corrected chi connectivity index (χ3v) is 7.19. The molecule has 0 saturated carbocycles. The van der Waals surface area contributed by atoms with Crippen LogP contribution >= 0.6 is 0 Å². The lowest BCUT2D eigenvalue weighted by molar-refractivity contribution is -0.146. The molecule has 8 nitrogen and oxygen atoms in total. The number of hydrogen-bond acceptors (Lipinski definition) is 5. The van der Waals surface area contributed by atoms with Gasteiger partial charge in [-0.15, -0.1) is 0 Å². The highest BCUT2D eigenvalue weighted by molar-refractivity contribution is 5.99. The molecule has 3 heterocycles. The van der Waals surface area contributed by atoms with Crippen molar-refractivity contribution in [3.63, 3.8) is 0 Å². The van der Waals surface area contributed by atoms with Crippen molar-refractivity contribution in [3.8, 4) is 0 Å². The van der Waals surface area contributed by atoms with Crippen LogP contribution in [0.25, 0.3) is 0 Å². The summed E-state index contributed by atoms with van der Waals surface area (Å²) in [4.78, 5) is 41.2. The zero-order valence-electron chi connectivity index (χ0n) is 18.5. The highest BCUT2D eigenvalue weighted by atomic mass is 16.5. The highest BCUT2D eigenvalue weighted by Crippen LogP contribution is 2.63. The van der Waals surface area contributed by atoms with Gasteiger partial charge in [-0.1, -0.05) is 19.8 Å². The lowest BCUT2D eigenvalue weighted by atomic mass is 9.66. The van der Waals surface area contributed by atoms with E-state index in [9.17, 15) is 14.4 Å². The average Bonchev–Trinajstić information content (AvgIpc) is 3.29. The number of hydrogen-bond donors (Lipinski definition) is 3. The first-order valence-corrected chi connectivity index (χ1v) is 11.5. The number of amides is 3. The average molecular weight is 424 g/mol. The van der Waals surface area contributed by atoms with E-state index < -0.39 is 29.1 Å². The summed E-state index contributed by atoms with van der Waals surface area (Å²) in [5.41, 5.74) is -1.65. The number of unbranched alkanes of at least 4 members (excludes halogenated alkanes) is 4. The lowest BCUT2D eigenvalue weighted by Gasteiger charge is -2.33. The molecule has 30 heavy (non-hydrogen) atoms. The maximum absolute atomic E-state index is 13.5. The van der Waals surface area contributed by atoms with Gasteiger partial charge in [0.15, 0.2) is 0 Å². The normalized spacial score (nSPS) is 34.3. The van der Waals surface area contributed by atoms with E-state index in [0.717, 1.165) is 25.7 Å². The molecule has 0 aromatic rings. The van der Waals surface area contributed by atoms with Gasteiger partial charge in [-0.05, 0) is 45.4 Å². The topological polar surface area (TPSA) is 108 Å². The minimum atomic E-state index is -0.936. The van der Waals surface area contributed by atoms with Crippen molar-refractivity contribution in [1.82, 2.24) is 15.5 Å². The van der Waals surface area contributed by atoms with E-state index in [-0.39, 0.29) is 24.3 Å². The Labute approximate surface area is 179 Å². The van der Waals surface area contributed by atoms with Crippen molar-refractivity contribution >= 4 is 17.7 Å². The number of ether oxygens (including phenoxy) is 1. The number of carbonyl (C=O) groups is 3. The van der Waals surface area contributed by atoms with Crippen LogP contribution in [0.4, 0.5) is 0 Å². The van der Waals surface area contributed by atoms with Gasteiger partial charge >= 0.3 is 0 Å². The fourth-order valence-corrected chi connectivity index (χ4v) is 5.78. The number of fused-ring (bicyclic) bond motifs is 1. The molecule has 3 fully saturated rings. The van der Waals surface area contributed by atoms with Crippen LogP contribution in [-0.4, -0.2) is 71.7 Å². The summed E-state index contributed by atoms with van der Waals surface area (Å²) in [6.45, 7) is 5.13. The number of likely N-dealkylation sites (tertiary alicyclic amines) is 1. The molecule has 0 aromatic heterocycles. The van der Waals surface area contributed by atoms with Crippen molar-refractivity contribution in [2.45, 2.75) is 82.5 Å². The van der Waals surface area contributed by atoms with Gasteiger partial charge in [0, 0.05) is 26.7 Å². The van der Waals surface area contributed by atoms with Crippen LogP contribution in [0.2, 0.25) is 0 Å². The third kappa shape index (κ3) is 3.73.